The molecule has 0 spiro atoms. The van der Waals surface area contributed by atoms with Crippen LogP contribution in [0.15, 0.2) is 187 Å². The molecule has 1 aliphatic rings. The van der Waals surface area contributed by atoms with Gasteiger partial charge in [-0.1, -0.05) is 122 Å². The van der Waals surface area contributed by atoms with Crippen LogP contribution in [0.5, 0.6) is 0 Å². The highest BCUT2D eigenvalue weighted by Crippen LogP contribution is 2.43. The molecule has 0 N–H and O–H groups in total. The van der Waals surface area contributed by atoms with Gasteiger partial charge in [0.1, 0.15) is 16.7 Å². The van der Waals surface area contributed by atoms with Gasteiger partial charge < -0.3 is 13.4 Å². The van der Waals surface area contributed by atoms with Crippen LogP contribution in [0.4, 0.5) is 0 Å². The van der Waals surface area contributed by atoms with Gasteiger partial charge in [0.05, 0.1) is 49.4 Å². The fourth-order valence-corrected chi connectivity index (χ4v) is 6.98. The zero-order valence-corrected chi connectivity index (χ0v) is 39.9. The number of para-hydroxylation sites is 3. The Morgan fingerprint density at radius 3 is 1.60 bits per heavy atom. The van der Waals surface area contributed by atoms with E-state index in [9.17, 15) is 0 Å². The largest absolute Gasteiger partial charge is 0.456 e. The summed E-state index contributed by atoms with van der Waals surface area (Å²) in [6, 6.07) is -11.7. The predicted molar refractivity (Wildman–Crippen MR) is 319 cm³/mol. The Hall–Kier alpha value is -4.31. The minimum atomic E-state index is -0.669. The average molecular weight is 1120 g/mol. The van der Waals surface area contributed by atoms with Crippen molar-refractivity contribution in [3.8, 4) is 16.8 Å². The predicted octanol–water partition coefficient (Wildman–Crippen LogP) is 10.7. The number of furan rings is 2. The number of hydrogen-bond donors (Lipinski definition) is 0. The summed E-state index contributed by atoms with van der Waals surface area (Å²) in [5.74, 6) is 0. The van der Waals surface area contributed by atoms with Gasteiger partial charge in [-0.15, -0.1) is 0 Å². The topological polar surface area (TPSA) is 31.2 Å². The molecule has 3 aromatic heterocycles. The summed E-state index contributed by atoms with van der Waals surface area (Å²) >= 11 is 7.84. The summed E-state index contributed by atoms with van der Waals surface area (Å²) in [5.41, 5.74) is -0.513. The molecule has 0 saturated heterocycles. The molecule has 0 amide bonds. The van der Waals surface area contributed by atoms with Crippen molar-refractivity contribution in [1.29, 1.82) is 0 Å². The Balaban J connectivity index is 0.000000185. The van der Waals surface area contributed by atoms with Crippen molar-refractivity contribution in [3.63, 3.8) is 0 Å². The van der Waals surface area contributed by atoms with Crippen LogP contribution < -0.4 is 0 Å². The van der Waals surface area contributed by atoms with E-state index in [2.05, 4.69) is 31.9 Å². The molecule has 303 valence electrons. The number of aromatic nitrogens is 1. The lowest BCUT2D eigenvalue weighted by atomic mass is 8.76. The van der Waals surface area contributed by atoms with Gasteiger partial charge in [-0.2, -0.15) is 0 Å². The third-order valence-electron chi connectivity index (χ3n) is 9.53. The molecular formula is C49H30B13Br2INO2. The molecule has 1 aliphatic carbocycles. The number of hydrogen-bond acceptors (Lipinski definition) is 2. The molecule has 11 aromatic rings. The Morgan fingerprint density at radius 1 is 0.515 bits per heavy atom. The molecule has 19 heteroatoms. The lowest BCUT2D eigenvalue weighted by Crippen LogP contribution is -2.43. The average Bonchev–Trinajstić information content (AvgIpc) is 1.53. The first-order valence-electron chi connectivity index (χ1n) is 33.4. The molecule has 12 rings (SSSR count). The van der Waals surface area contributed by atoms with Crippen molar-refractivity contribution >= 4 is 215 Å². The second-order valence-corrected chi connectivity index (χ2v) is 16.6. The monoisotopic (exact) mass is 1120 g/mol. The minimum absolute atomic E-state index is 0.00322. The van der Waals surface area contributed by atoms with Crippen molar-refractivity contribution in [3.05, 3.63) is 193 Å². The first-order chi connectivity index (χ1) is 44.5. The third-order valence-corrected chi connectivity index (χ3v) is 10.9. The Kier molecular flexibility index (Phi) is 8.55. The maximum atomic E-state index is 8.92. The maximum absolute atomic E-state index is 8.92. The van der Waals surface area contributed by atoms with Crippen LogP contribution in [0.3, 0.4) is 0 Å². The van der Waals surface area contributed by atoms with E-state index in [1.807, 2.05) is 0 Å². The molecule has 0 atom stereocenters. The standard InChI is InChI=1S/C24H14BrNO.C19H12O.C6H4BrI.B7.B6/c25-15-9-11-16(12-10-15)26-21-7-3-1-5-17(21)19-13-14-20-18-6-2-4-8-22(18)27-24(20)23(19)26;1-2-6-13-12(5-1)11-17-14(13)9-10-16-15-7-3-4-8-18(15)20-19(16)17;7-5-1-3-6(8)4-2-5;1-5-7(4)6(2)3;1-5(2)6(3)4/h1-14H;1-10H,11H2;1-4H;;/i1D,2D,3D,4D,5D,6D,7D,8D,9D,10D,11D,12D,13D,14D;1D,2D,3D,4D,5D,6D,7D,8D,9D,10D;1D,2D,3D,4D;;. The molecule has 0 saturated carbocycles. The molecular weight excluding hydrogens is 1060 g/mol. The Bertz CT molecular complexity index is 5020. The van der Waals surface area contributed by atoms with E-state index in [1.165, 1.54) is 7.06 Å². The highest BCUT2D eigenvalue weighted by molar-refractivity contribution is 14.1. The van der Waals surface area contributed by atoms with Gasteiger partial charge in [-0.25, -0.2) is 0 Å². The Morgan fingerprint density at radius 2 is 1.01 bits per heavy atom. The van der Waals surface area contributed by atoms with Crippen LogP contribution in [0.2, 0.25) is 0 Å². The van der Waals surface area contributed by atoms with Crippen LogP contribution in [-0.2, 0) is 6.42 Å². The summed E-state index contributed by atoms with van der Waals surface area (Å²) in [7, 11) is 41.4. The molecule has 3 heterocycles. The summed E-state index contributed by atoms with van der Waals surface area (Å²) in [5, 5.41) is -0.726. The van der Waals surface area contributed by atoms with Crippen LogP contribution in [0.25, 0.3) is 82.5 Å². The van der Waals surface area contributed by atoms with Gasteiger partial charge in [-0.05, 0) is 118 Å². The number of fused-ring (bicyclic) bond motifs is 14. The van der Waals surface area contributed by atoms with E-state index in [4.69, 9.17) is 109 Å². The van der Waals surface area contributed by atoms with Crippen molar-refractivity contribution in [2.75, 3.05) is 0 Å². The van der Waals surface area contributed by atoms with Crippen LogP contribution in [0, 0.1) is 3.57 Å². The smallest absolute Gasteiger partial charge is 0.160 e. The van der Waals surface area contributed by atoms with E-state index in [0.717, 1.165) is 4.57 Å². The van der Waals surface area contributed by atoms with Crippen LogP contribution >= 0.6 is 54.5 Å². The lowest BCUT2D eigenvalue weighted by molar-refractivity contribution is 0.665. The SMILES string of the molecule is [2H]c1c([2H])c(-n2c3c([2H])c([2H])c([2H])c([2H])c3c3c([2H])c([2H])c4c(oc5c([2H])c([2H])c([2H])c([2H])c54)c32)c([2H])c([2H])c1Br.[2H]c1c([2H])c(I)c([2H])c([2H])c1Br.[2H]c1c([2H])c([2H])c2c(c1[2H])Cc1c-2c([2H])c([2H])c2c1oc1c([2H])c([2H])c([2H])c([2H])c12.[B]B([B])B([B])[B].[B][B]B([B])B([B])[B]. The van der Waals surface area contributed by atoms with E-state index in [1.54, 1.807) is 22.6 Å². The zero-order chi connectivity index (χ0) is 72.4. The van der Waals surface area contributed by atoms with Crippen LogP contribution in [0.1, 0.15) is 49.5 Å². The summed E-state index contributed by atoms with van der Waals surface area (Å²) < 4.78 is 243. The first kappa shape index (κ1) is 25.7. The van der Waals surface area contributed by atoms with Gasteiger partial charge in [0.25, 0.3) is 0 Å². The van der Waals surface area contributed by atoms with Gasteiger partial charge in [-0.3, -0.25) is 0 Å². The van der Waals surface area contributed by atoms with Gasteiger partial charge in [0.2, 0.25) is 0 Å². The second kappa shape index (κ2) is 22.6. The fraction of sp³-hybridized carbons (Fsp3) is 0.0204. The summed E-state index contributed by atoms with van der Waals surface area (Å²) in [6.07, 6.45) is -2.06. The first-order valence-corrected chi connectivity index (χ1v) is 22.1. The van der Waals surface area contributed by atoms with Crippen molar-refractivity contribution in [1.82, 2.24) is 4.57 Å². The summed E-state index contributed by atoms with van der Waals surface area (Å²) in [6.45, 7) is 0. The molecule has 8 aromatic carbocycles. The molecule has 3 nitrogen and oxygen atoms in total. The molecule has 0 unspecified atom stereocenters. The van der Waals surface area contributed by atoms with Crippen LogP contribution in [-0.4, -0.2) is 99.1 Å². The molecule has 17 radical (unpaired) electrons. The normalized spacial score (nSPS) is 16.8. The van der Waals surface area contributed by atoms with Crippen molar-refractivity contribution in [2.45, 2.75) is 6.42 Å². The lowest BCUT2D eigenvalue weighted by Gasteiger charge is -2.08. The number of benzene rings is 8. The van der Waals surface area contributed by atoms with Gasteiger partial charge in [0.15, 0.2) is 5.58 Å². The van der Waals surface area contributed by atoms with Crippen molar-refractivity contribution in [2.24, 2.45) is 0 Å². The number of rotatable bonds is 4. The van der Waals surface area contributed by atoms with E-state index < -0.39 is 128 Å². The van der Waals surface area contributed by atoms with Gasteiger partial charge in [0, 0.05) is 157 Å². The minimum Gasteiger partial charge on any atom is -0.456 e. The number of halogens is 3. The van der Waals surface area contributed by atoms with E-state index in [-0.39, 0.29) is 165 Å². The highest BCUT2D eigenvalue weighted by Gasteiger charge is 2.23. The number of nitrogens with zero attached hydrogens (tertiary/aromatic N) is 1. The molecule has 0 bridgehead atoms. The highest BCUT2D eigenvalue weighted by atomic mass is 127. The summed E-state index contributed by atoms with van der Waals surface area (Å²) in [4.78, 5) is 0. The third kappa shape index (κ3) is 11.0. The van der Waals surface area contributed by atoms with Crippen molar-refractivity contribution < 1.29 is 47.2 Å². The van der Waals surface area contributed by atoms with E-state index in [0.29, 0.717) is 14.7 Å². The molecule has 0 fully saturated rings. The maximum Gasteiger partial charge on any atom is 0.160 e. The molecule has 0 aliphatic heterocycles. The fourth-order valence-electron chi connectivity index (χ4n) is 6.31. The second-order valence-electron chi connectivity index (χ2n) is 14.0. The Labute approximate surface area is 480 Å². The zero-order valence-electron chi connectivity index (χ0n) is 62.6. The van der Waals surface area contributed by atoms with E-state index >= 15 is 0 Å². The molecule has 68 heavy (non-hydrogen) atoms. The quantitative estimate of drug-likeness (QED) is 0.130. The van der Waals surface area contributed by atoms with Gasteiger partial charge >= 0.3 is 0 Å².